The third kappa shape index (κ3) is 14.2. The minimum atomic E-state index is -0.882. The molecule has 0 fully saturated rings. The van der Waals surface area contributed by atoms with Gasteiger partial charge in [0.2, 0.25) is 0 Å². The van der Waals surface area contributed by atoms with Crippen LogP contribution in [-0.4, -0.2) is 10.2 Å². The second-order valence-corrected chi connectivity index (χ2v) is 2.09. The zero-order valence-corrected chi connectivity index (χ0v) is 4.12. The Morgan fingerprint density at radius 2 is 2.00 bits per heavy atom. The van der Waals surface area contributed by atoms with E-state index in [4.69, 9.17) is 16.5 Å². The summed E-state index contributed by atoms with van der Waals surface area (Å²) in [7, 11) is 0. The molecule has 0 unspecified atom stereocenters. The lowest BCUT2D eigenvalue weighted by Crippen LogP contribution is -1.81. The molecule has 0 saturated heterocycles. The van der Waals surface area contributed by atoms with Crippen LogP contribution in [0.25, 0.3) is 0 Å². The molecule has 0 aromatic rings. The molecule has 0 bridgehead atoms. The lowest BCUT2D eigenvalue weighted by molar-refractivity contribution is 0.617. The molecule has 0 saturated carbocycles. The fourth-order valence-corrected chi connectivity index (χ4v) is 0. The summed E-state index contributed by atoms with van der Waals surface area (Å²) < 4.78 is 0. The molecule has 0 spiro atoms. The van der Waals surface area contributed by atoms with Crippen LogP contribution < -0.4 is 0 Å². The van der Waals surface area contributed by atoms with E-state index in [2.05, 4.69) is 15.8 Å². The van der Waals surface area contributed by atoms with Gasteiger partial charge in [0.25, 0.3) is 0 Å². The Balaban J connectivity index is 2.32. The van der Waals surface area contributed by atoms with Crippen molar-refractivity contribution in [1.82, 2.24) is 0 Å². The van der Waals surface area contributed by atoms with Crippen molar-refractivity contribution in [2.75, 3.05) is 0 Å². The predicted molar refractivity (Wildman–Crippen MR) is 22.8 cm³/mol. The van der Waals surface area contributed by atoms with E-state index in [0.29, 0.717) is 0 Å². The highest BCUT2D eigenvalue weighted by Gasteiger charge is 1.90. The highest BCUT2D eigenvalue weighted by atomic mass is 79.9. The number of hydrogen-bond acceptors (Lipinski definition) is 1. The topological polar surface area (TPSA) is 20.2 Å². The molecule has 0 aliphatic rings. The number of rotatable bonds is 0. The van der Waals surface area contributed by atoms with Gasteiger partial charge in [0.1, 0.15) is 0 Å². The van der Waals surface area contributed by atoms with Crippen LogP contribution >= 0.6 is 27.2 Å². The van der Waals surface area contributed by atoms with Crippen LogP contribution in [0.2, 0.25) is 0 Å². The van der Waals surface area contributed by atoms with Crippen LogP contribution in [-0.2, 0) is 0 Å². The quantitative estimate of drug-likeness (QED) is 0.492. The lowest BCUT2D eigenvalue weighted by atomic mass is 10.6. The average Bonchev–Trinajstić information content (AvgIpc) is 0.811. The molecule has 0 radical (unpaired) electrons. The summed E-state index contributed by atoms with van der Waals surface area (Å²) in [5, 5.41) is 6.86. The first-order valence-corrected chi connectivity index (χ1v) is 2.05. The monoisotopic (exact) mass is 142 g/mol. The molecule has 24 valence electrons. The van der Waals surface area contributed by atoms with E-state index < -0.39 is 5.15 Å². The van der Waals surface area contributed by atoms with Crippen molar-refractivity contribution in [2.24, 2.45) is 0 Å². The third-order valence-electron chi connectivity index (χ3n) is 0. The highest BCUT2D eigenvalue weighted by Crippen LogP contribution is 1.88. The molecule has 4 heavy (non-hydrogen) atoms. The second-order valence-electron chi connectivity index (χ2n) is 0.278. The van der Waals surface area contributed by atoms with E-state index in [0.717, 1.165) is 0 Å². The van der Waals surface area contributed by atoms with Gasteiger partial charge in [0.15, 0.2) is 0 Å². The van der Waals surface area contributed by atoms with E-state index in [-0.39, 0.29) is 0 Å². The van der Waals surface area contributed by atoms with Crippen LogP contribution in [0.5, 0.6) is 0 Å². The molecule has 0 atom stereocenters. The zero-order valence-electron chi connectivity index (χ0n) is 1.78. The summed E-state index contributed by atoms with van der Waals surface area (Å²) in [4.78, 5) is 0. The second kappa shape index (κ2) is 2.06. The average molecular weight is 143 g/mol. The van der Waals surface area contributed by atoms with Crippen molar-refractivity contribution in [3.8, 4) is 0 Å². The summed E-state index contributed by atoms with van der Waals surface area (Å²) in [5.74, 6) is 0. The van der Waals surface area contributed by atoms with Crippen molar-refractivity contribution in [3.05, 3.63) is 0 Å². The summed E-state index contributed by atoms with van der Waals surface area (Å²) in [6.07, 6.45) is 0. The van der Waals surface area contributed by atoms with Crippen molar-refractivity contribution < 1.29 is 5.02 Å². The van der Waals surface area contributed by atoms with Gasteiger partial charge in [-0.3, -0.25) is 0 Å². The van der Waals surface area contributed by atoms with E-state index >= 15 is 0 Å². The van der Waals surface area contributed by atoms with Gasteiger partial charge in [-0.1, -0.05) is 15.8 Å². The summed E-state index contributed by atoms with van der Waals surface area (Å²) in [5.41, 5.74) is 0. The molecule has 1 N–H and O–H groups in total. The first-order chi connectivity index (χ1) is 1.73. The van der Waals surface area contributed by atoms with Crippen molar-refractivity contribution in [3.63, 3.8) is 0 Å². The molecule has 0 aliphatic heterocycles. The van der Waals surface area contributed by atoms with Crippen LogP contribution in [0.4, 0.5) is 0 Å². The standard InChI is InChI=1S/BBrClHO/c2-1(3)4/h4H. The first-order valence-electron chi connectivity index (χ1n) is 0.695. The molecular weight excluding hydrogens is 142 g/mol. The van der Waals surface area contributed by atoms with Crippen molar-refractivity contribution in [1.29, 1.82) is 0 Å². The largest absolute Gasteiger partial charge is 0.476 e. The van der Waals surface area contributed by atoms with Crippen LogP contribution in [0.1, 0.15) is 0 Å². The van der Waals surface area contributed by atoms with E-state index in [1.54, 1.807) is 0 Å². The Kier molecular flexibility index (Phi) is 2.47. The SMILES string of the molecule is OB(Cl)Br. The molecule has 0 rings (SSSR count). The Morgan fingerprint density at radius 1 is 2.00 bits per heavy atom. The van der Waals surface area contributed by atoms with Gasteiger partial charge in [0, 0.05) is 0 Å². The minimum Gasteiger partial charge on any atom is -0.428 e. The van der Waals surface area contributed by atoms with Gasteiger partial charge in [-0.05, 0) is 0 Å². The maximum atomic E-state index is 7.74. The minimum absolute atomic E-state index is 0.882. The van der Waals surface area contributed by atoms with Crippen molar-refractivity contribution in [2.45, 2.75) is 0 Å². The molecule has 0 amide bonds. The fourth-order valence-electron chi connectivity index (χ4n) is 0. The molecule has 1 nitrogen and oxygen atoms in total. The van der Waals surface area contributed by atoms with Crippen LogP contribution in [0, 0.1) is 0 Å². The van der Waals surface area contributed by atoms with Crippen LogP contribution in [0.15, 0.2) is 0 Å². The maximum absolute atomic E-state index is 7.74. The zero-order chi connectivity index (χ0) is 3.58. The van der Waals surface area contributed by atoms with Gasteiger partial charge >= 0.3 is 5.15 Å². The fraction of sp³-hybridized carbons (Fsp3) is 0. The molecule has 0 aliphatic carbocycles. The predicted octanol–water partition coefficient (Wildman–Crippen LogP) is 0.597. The van der Waals surface area contributed by atoms with E-state index in [9.17, 15) is 0 Å². The molecule has 0 aromatic heterocycles. The molecule has 0 heterocycles. The Bertz CT molecular complexity index is 12.8. The number of hydrogen-bond donors (Lipinski definition) is 1. The Hall–Kier alpha value is 0.795. The summed E-state index contributed by atoms with van der Waals surface area (Å²) in [6, 6.07) is 0. The summed E-state index contributed by atoms with van der Waals surface area (Å²) in [6.45, 7) is 0. The third-order valence-corrected chi connectivity index (χ3v) is 0. The molecule has 4 heteroatoms. The van der Waals surface area contributed by atoms with Gasteiger partial charge in [-0.25, -0.2) is 0 Å². The highest BCUT2D eigenvalue weighted by molar-refractivity contribution is 9.25. The van der Waals surface area contributed by atoms with Gasteiger partial charge in [-0.15, -0.1) is 11.5 Å². The van der Waals surface area contributed by atoms with E-state index in [1.807, 2.05) is 0 Å². The lowest BCUT2D eigenvalue weighted by Gasteiger charge is -1.65. The maximum Gasteiger partial charge on any atom is 0.476 e. The smallest absolute Gasteiger partial charge is 0.428 e. The number of halogens is 2. The van der Waals surface area contributed by atoms with Gasteiger partial charge in [0.05, 0.1) is 0 Å². The van der Waals surface area contributed by atoms with Crippen molar-refractivity contribution >= 4 is 32.4 Å². The molecular formula is HBBrClO. The van der Waals surface area contributed by atoms with Gasteiger partial charge < -0.3 is 5.02 Å². The van der Waals surface area contributed by atoms with Gasteiger partial charge in [-0.2, -0.15) is 0 Å². The molecule has 0 aromatic carbocycles. The Morgan fingerprint density at radius 3 is 2.00 bits per heavy atom. The normalized spacial score (nSPS) is 6.75. The van der Waals surface area contributed by atoms with Crippen LogP contribution in [0.3, 0.4) is 0 Å². The Labute approximate surface area is 38.0 Å². The summed E-state index contributed by atoms with van der Waals surface area (Å²) >= 11 is 7.34. The first kappa shape index (κ1) is 4.79. The van der Waals surface area contributed by atoms with E-state index in [1.165, 1.54) is 0 Å².